The van der Waals surface area contributed by atoms with Crippen LogP contribution in [0.15, 0.2) is 30.3 Å². The number of hydrogen-bond donors (Lipinski definition) is 1. The van der Waals surface area contributed by atoms with E-state index in [0.717, 1.165) is 56.5 Å². The largest absolute Gasteiger partial charge is 0.497 e. The summed E-state index contributed by atoms with van der Waals surface area (Å²) >= 11 is 0. The van der Waals surface area contributed by atoms with Crippen LogP contribution in [0.5, 0.6) is 5.75 Å². The van der Waals surface area contributed by atoms with Gasteiger partial charge in [0.15, 0.2) is 0 Å². The predicted molar refractivity (Wildman–Crippen MR) is 102 cm³/mol. The molecule has 5 heteroatoms. The molecule has 1 aliphatic heterocycles. The molecule has 1 aromatic rings. The minimum Gasteiger partial charge on any atom is -0.497 e. The van der Waals surface area contributed by atoms with E-state index in [1.807, 2.05) is 35.2 Å². The van der Waals surface area contributed by atoms with Crippen molar-refractivity contribution in [2.24, 2.45) is 5.92 Å². The molecule has 1 unspecified atom stereocenters. The highest BCUT2D eigenvalue weighted by Gasteiger charge is 2.25. The van der Waals surface area contributed by atoms with E-state index in [2.05, 4.69) is 5.32 Å². The summed E-state index contributed by atoms with van der Waals surface area (Å²) in [5.41, 5.74) is 0.976. The fourth-order valence-corrected chi connectivity index (χ4v) is 3.35. The molecule has 1 saturated heterocycles. The quantitative estimate of drug-likeness (QED) is 0.764. The minimum absolute atomic E-state index is 0.0490. The molecule has 2 fully saturated rings. The number of nitrogens with zero attached hydrogens (tertiary/aromatic N) is 1. The summed E-state index contributed by atoms with van der Waals surface area (Å²) < 4.78 is 5.14. The molecule has 2 aliphatic rings. The SMILES string of the molecule is COc1ccc(/C=C/C(=O)N2CCCC(CCC(=O)NC3CC3)C2)cc1. The maximum Gasteiger partial charge on any atom is 0.246 e. The van der Waals surface area contributed by atoms with Gasteiger partial charge in [0.2, 0.25) is 11.8 Å². The highest BCUT2D eigenvalue weighted by Crippen LogP contribution is 2.23. The molecule has 2 amide bonds. The molecular formula is C21H28N2O3. The van der Waals surface area contributed by atoms with Crippen molar-refractivity contribution < 1.29 is 14.3 Å². The van der Waals surface area contributed by atoms with Gasteiger partial charge in [-0.2, -0.15) is 0 Å². The number of ether oxygens (including phenoxy) is 1. The zero-order chi connectivity index (χ0) is 18.4. The third-order valence-corrected chi connectivity index (χ3v) is 5.09. The van der Waals surface area contributed by atoms with Gasteiger partial charge in [0.1, 0.15) is 5.75 Å². The molecule has 1 heterocycles. The van der Waals surface area contributed by atoms with Crippen molar-refractivity contribution in [2.45, 2.75) is 44.6 Å². The average molecular weight is 356 g/mol. The zero-order valence-electron chi connectivity index (χ0n) is 15.4. The van der Waals surface area contributed by atoms with Crippen LogP contribution in [-0.4, -0.2) is 43.0 Å². The normalized spacial score (nSPS) is 20.2. The summed E-state index contributed by atoms with van der Waals surface area (Å²) in [5.74, 6) is 1.44. The number of carbonyl (C=O) groups excluding carboxylic acids is 2. The van der Waals surface area contributed by atoms with Crippen molar-refractivity contribution in [1.82, 2.24) is 10.2 Å². The average Bonchev–Trinajstić information content (AvgIpc) is 3.49. The third-order valence-electron chi connectivity index (χ3n) is 5.09. The number of rotatable bonds is 7. The summed E-state index contributed by atoms with van der Waals surface area (Å²) in [6.45, 7) is 1.55. The van der Waals surface area contributed by atoms with Crippen LogP contribution in [0.4, 0.5) is 0 Å². The van der Waals surface area contributed by atoms with Crippen LogP contribution < -0.4 is 10.1 Å². The van der Waals surface area contributed by atoms with Crippen molar-refractivity contribution >= 4 is 17.9 Å². The summed E-state index contributed by atoms with van der Waals surface area (Å²) in [4.78, 5) is 26.2. The Bertz CT molecular complexity index is 650. The first-order valence-corrected chi connectivity index (χ1v) is 9.54. The predicted octanol–water partition coefficient (Wildman–Crippen LogP) is 3.01. The van der Waals surface area contributed by atoms with E-state index in [0.29, 0.717) is 18.4 Å². The van der Waals surface area contributed by atoms with Crippen molar-refractivity contribution in [2.75, 3.05) is 20.2 Å². The summed E-state index contributed by atoms with van der Waals surface area (Å²) in [5, 5.41) is 3.03. The van der Waals surface area contributed by atoms with Crippen LogP contribution >= 0.6 is 0 Å². The molecule has 0 spiro atoms. The van der Waals surface area contributed by atoms with Gasteiger partial charge in [-0.1, -0.05) is 12.1 Å². The third kappa shape index (κ3) is 5.61. The highest BCUT2D eigenvalue weighted by molar-refractivity contribution is 5.91. The minimum atomic E-state index is 0.0490. The molecule has 3 rings (SSSR count). The lowest BCUT2D eigenvalue weighted by molar-refractivity contribution is -0.127. The van der Waals surface area contributed by atoms with Crippen LogP contribution in [0.2, 0.25) is 0 Å². The summed E-state index contributed by atoms with van der Waals surface area (Å²) in [7, 11) is 1.64. The summed E-state index contributed by atoms with van der Waals surface area (Å²) in [6.07, 6.45) is 9.28. The first-order valence-electron chi connectivity index (χ1n) is 9.54. The maximum absolute atomic E-state index is 12.5. The van der Waals surface area contributed by atoms with Crippen LogP contribution in [0.25, 0.3) is 6.08 Å². The van der Waals surface area contributed by atoms with Gasteiger partial charge in [0.05, 0.1) is 7.11 Å². The second-order valence-electron chi connectivity index (χ2n) is 7.28. The Balaban J connectivity index is 1.45. The fraction of sp³-hybridized carbons (Fsp3) is 0.524. The van der Waals surface area contributed by atoms with E-state index < -0.39 is 0 Å². The lowest BCUT2D eigenvalue weighted by atomic mass is 9.93. The molecule has 0 bridgehead atoms. The van der Waals surface area contributed by atoms with E-state index >= 15 is 0 Å². The van der Waals surface area contributed by atoms with Gasteiger partial charge in [0, 0.05) is 31.6 Å². The summed E-state index contributed by atoms with van der Waals surface area (Å²) in [6, 6.07) is 8.05. The van der Waals surface area contributed by atoms with Crippen LogP contribution in [0.1, 0.15) is 44.1 Å². The lowest BCUT2D eigenvalue weighted by Crippen LogP contribution is -2.39. The fourth-order valence-electron chi connectivity index (χ4n) is 3.35. The second kappa shape index (κ2) is 8.88. The van der Waals surface area contributed by atoms with Crippen molar-refractivity contribution in [3.63, 3.8) is 0 Å². The van der Waals surface area contributed by atoms with E-state index in [9.17, 15) is 9.59 Å². The number of likely N-dealkylation sites (tertiary alicyclic amines) is 1. The number of piperidine rings is 1. The number of nitrogens with one attached hydrogen (secondary N) is 1. The van der Waals surface area contributed by atoms with Crippen LogP contribution in [0.3, 0.4) is 0 Å². The van der Waals surface area contributed by atoms with Crippen LogP contribution in [-0.2, 0) is 9.59 Å². The van der Waals surface area contributed by atoms with E-state index in [-0.39, 0.29) is 11.8 Å². The maximum atomic E-state index is 12.5. The van der Waals surface area contributed by atoms with Gasteiger partial charge in [-0.3, -0.25) is 9.59 Å². The van der Waals surface area contributed by atoms with Gasteiger partial charge in [-0.15, -0.1) is 0 Å². The highest BCUT2D eigenvalue weighted by atomic mass is 16.5. The molecule has 1 saturated carbocycles. The first-order chi connectivity index (χ1) is 12.6. The monoisotopic (exact) mass is 356 g/mol. The molecule has 5 nitrogen and oxygen atoms in total. The van der Waals surface area contributed by atoms with Gasteiger partial charge in [-0.25, -0.2) is 0 Å². The molecule has 1 atom stereocenters. The van der Waals surface area contributed by atoms with E-state index in [1.54, 1.807) is 13.2 Å². The molecule has 1 aromatic carbocycles. The first kappa shape index (κ1) is 18.5. The standard InChI is InChI=1S/C21H28N2O3/c1-26-19-10-4-16(5-11-19)7-13-21(25)23-14-2-3-17(15-23)6-12-20(24)22-18-8-9-18/h4-5,7,10-11,13,17-18H,2-3,6,8-9,12,14-15H2,1H3,(H,22,24)/b13-7+. The Kier molecular flexibility index (Phi) is 6.31. The Morgan fingerprint density at radius 3 is 2.69 bits per heavy atom. The van der Waals surface area contributed by atoms with Gasteiger partial charge < -0.3 is 15.0 Å². The van der Waals surface area contributed by atoms with E-state index in [4.69, 9.17) is 4.74 Å². The van der Waals surface area contributed by atoms with Crippen molar-refractivity contribution in [3.05, 3.63) is 35.9 Å². The molecule has 140 valence electrons. The lowest BCUT2D eigenvalue weighted by Gasteiger charge is -2.32. The zero-order valence-corrected chi connectivity index (χ0v) is 15.4. The number of carbonyl (C=O) groups is 2. The Morgan fingerprint density at radius 2 is 2.00 bits per heavy atom. The second-order valence-corrected chi connectivity index (χ2v) is 7.28. The molecule has 0 radical (unpaired) electrons. The smallest absolute Gasteiger partial charge is 0.246 e. The number of benzene rings is 1. The van der Waals surface area contributed by atoms with Crippen LogP contribution in [0, 0.1) is 5.92 Å². The Morgan fingerprint density at radius 1 is 1.23 bits per heavy atom. The van der Waals surface area contributed by atoms with Gasteiger partial charge >= 0.3 is 0 Å². The van der Waals surface area contributed by atoms with Crippen molar-refractivity contribution in [1.29, 1.82) is 0 Å². The number of hydrogen-bond acceptors (Lipinski definition) is 3. The van der Waals surface area contributed by atoms with E-state index in [1.165, 1.54) is 0 Å². The van der Waals surface area contributed by atoms with Crippen molar-refractivity contribution in [3.8, 4) is 5.75 Å². The van der Waals surface area contributed by atoms with Gasteiger partial charge in [-0.05, 0) is 61.8 Å². The molecular weight excluding hydrogens is 328 g/mol. The molecule has 26 heavy (non-hydrogen) atoms. The molecule has 1 N–H and O–H groups in total. The molecule has 0 aromatic heterocycles. The number of methoxy groups -OCH3 is 1. The Labute approximate surface area is 155 Å². The topological polar surface area (TPSA) is 58.6 Å². The van der Waals surface area contributed by atoms with Gasteiger partial charge in [0.25, 0.3) is 0 Å². The Hall–Kier alpha value is -2.30. The molecule has 1 aliphatic carbocycles. The number of amides is 2.